The molecule has 0 saturated carbocycles. The summed E-state index contributed by atoms with van der Waals surface area (Å²) in [5, 5.41) is 8.87. The van der Waals surface area contributed by atoms with Crippen LogP contribution in [0.1, 0.15) is 45.1 Å². The minimum Gasteiger partial charge on any atom is -0.490 e. The Morgan fingerprint density at radius 3 is 2.30 bits per heavy atom. The number of hydrogen-bond acceptors (Lipinski definition) is 6. The van der Waals surface area contributed by atoms with Gasteiger partial charge in [-0.1, -0.05) is 13.8 Å². The highest BCUT2D eigenvalue weighted by molar-refractivity contribution is 5.85. The Morgan fingerprint density at radius 2 is 1.79 bits per heavy atom. The fourth-order valence-corrected chi connectivity index (χ4v) is 4.08. The predicted octanol–water partition coefficient (Wildman–Crippen LogP) is 3.07. The van der Waals surface area contributed by atoms with E-state index < -0.39 is 11.6 Å². The van der Waals surface area contributed by atoms with Gasteiger partial charge in [-0.25, -0.2) is 4.39 Å². The maximum atomic E-state index is 15.5. The minimum absolute atomic E-state index is 0.0218. The molecule has 0 spiro atoms. The van der Waals surface area contributed by atoms with Gasteiger partial charge in [-0.15, -0.1) is 0 Å². The van der Waals surface area contributed by atoms with Crippen LogP contribution in [-0.2, 0) is 4.79 Å². The molecule has 0 unspecified atom stereocenters. The molecule has 0 aliphatic carbocycles. The molecular formula is C25H36FN5O2. The SMILES string of the molecule is CC.N#Cc1ccc(OC2CCN(C(=O)C3(F)CCN(CC(/C=C\N)=C/N)CC3)CC2)cc1. The molecule has 1 aromatic carbocycles. The van der Waals surface area contributed by atoms with Crippen LogP contribution in [0.3, 0.4) is 0 Å². The second kappa shape index (κ2) is 12.9. The number of rotatable bonds is 6. The molecule has 4 N–H and O–H groups in total. The Balaban J connectivity index is 0.00000187. The monoisotopic (exact) mass is 457 g/mol. The van der Waals surface area contributed by atoms with E-state index in [0.29, 0.717) is 56.9 Å². The van der Waals surface area contributed by atoms with Crippen molar-refractivity contribution >= 4 is 5.91 Å². The Labute approximate surface area is 196 Å². The Morgan fingerprint density at radius 1 is 1.18 bits per heavy atom. The first-order valence-electron chi connectivity index (χ1n) is 11.6. The average molecular weight is 458 g/mol. The quantitative estimate of drug-likeness (QED) is 0.636. The number of piperidine rings is 2. The number of nitriles is 1. The van der Waals surface area contributed by atoms with Crippen molar-refractivity contribution in [2.24, 2.45) is 11.5 Å². The average Bonchev–Trinajstić information content (AvgIpc) is 2.87. The first-order chi connectivity index (χ1) is 16.0. The number of benzene rings is 1. The second-order valence-electron chi connectivity index (χ2n) is 8.09. The van der Waals surface area contributed by atoms with Crippen molar-refractivity contribution in [3.8, 4) is 11.8 Å². The number of carbonyl (C=O) groups excluding carboxylic acids is 1. The molecule has 3 rings (SSSR count). The van der Waals surface area contributed by atoms with Gasteiger partial charge < -0.3 is 21.1 Å². The molecule has 2 aliphatic heterocycles. The molecule has 7 nitrogen and oxygen atoms in total. The maximum Gasteiger partial charge on any atom is 0.260 e. The van der Waals surface area contributed by atoms with Crippen LogP contribution in [0, 0.1) is 11.3 Å². The number of carbonyl (C=O) groups is 1. The highest BCUT2D eigenvalue weighted by atomic mass is 19.1. The third kappa shape index (κ3) is 7.22. The lowest BCUT2D eigenvalue weighted by atomic mass is 9.90. The molecular weight excluding hydrogens is 421 g/mol. The summed E-state index contributed by atoms with van der Waals surface area (Å²) in [6.45, 7) is 6.55. The van der Waals surface area contributed by atoms with Gasteiger partial charge in [0.2, 0.25) is 0 Å². The van der Waals surface area contributed by atoms with Gasteiger partial charge in [-0.2, -0.15) is 5.26 Å². The zero-order valence-corrected chi connectivity index (χ0v) is 19.7. The number of hydrogen-bond donors (Lipinski definition) is 2. The molecule has 2 aliphatic rings. The number of amides is 1. The third-order valence-electron chi connectivity index (χ3n) is 5.98. The molecule has 1 aromatic rings. The van der Waals surface area contributed by atoms with Crippen LogP contribution in [0.5, 0.6) is 5.75 Å². The van der Waals surface area contributed by atoms with Crippen LogP contribution in [-0.4, -0.2) is 60.2 Å². The van der Waals surface area contributed by atoms with Crippen LogP contribution in [0.4, 0.5) is 4.39 Å². The van der Waals surface area contributed by atoms with Crippen molar-refractivity contribution in [2.75, 3.05) is 32.7 Å². The van der Waals surface area contributed by atoms with Gasteiger partial charge in [-0.3, -0.25) is 9.69 Å². The van der Waals surface area contributed by atoms with E-state index >= 15 is 4.39 Å². The smallest absolute Gasteiger partial charge is 0.260 e. The van der Waals surface area contributed by atoms with Crippen LogP contribution in [0.25, 0.3) is 0 Å². The number of nitrogens with two attached hydrogens (primary N) is 2. The standard InChI is InChI=1S/C23H30FN5O2.C2H6/c24-23(8-13-28(14-9-23)17-19(16-27)5-10-25)22(30)29-11-6-21(7-12-29)31-20-3-1-18(15-26)2-4-20;1-2/h1-5,10,16,21H,6-9,11-14,17,25,27H2;1-2H3/b10-5-,19-16+;. The van der Waals surface area contributed by atoms with Crippen molar-refractivity contribution in [3.63, 3.8) is 0 Å². The van der Waals surface area contributed by atoms with Crippen LogP contribution in [0.15, 0.2) is 48.3 Å². The highest BCUT2D eigenvalue weighted by Gasteiger charge is 2.44. The van der Waals surface area contributed by atoms with Crippen LogP contribution >= 0.6 is 0 Å². The summed E-state index contributed by atoms with van der Waals surface area (Å²) >= 11 is 0. The van der Waals surface area contributed by atoms with Gasteiger partial charge in [0.05, 0.1) is 11.6 Å². The second-order valence-corrected chi connectivity index (χ2v) is 8.09. The van der Waals surface area contributed by atoms with Crippen molar-refractivity contribution < 1.29 is 13.9 Å². The number of halogens is 1. The lowest BCUT2D eigenvalue weighted by Gasteiger charge is -2.40. The molecule has 2 saturated heterocycles. The van der Waals surface area contributed by atoms with E-state index in [1.807, 2.05) is 13.8 Å². The van der Waals surface area contributed by atoms with Gasteiger partial charge in [0.15, 0.2) is 5.67 Å². The third-order valence-corrected chi connectivity index (χ3v) is 5.98. The highest BCUT2D eigenvalue weighted by Crippen LogP contribution is 2.31. The lowest BCUT2D eigenvalue weighted by Crippen LogP contribution is -2.54. The summed E-state index contributed by atoms with van der Waals surface area (Å²) in [7, 11) is 0. The molecule has 1 amide bonds. The maximum absolute atomic E-state index is 15.5. The van der Waals surface area contributed by atoms with Crippen molar-refractivity contribution in [3.05, 3.63) is 53.9 Å². The zero-order valence-electron chi connectivity index (χ0n) is 19.7. The Kier molecular flexibility index (Phi) is 10.2. The van der Waals surface area contributed by atoms with E-state index in [2.05, 4.69) is 11.0 Å². The summed E-state index contributed by atoms with van der Waals surface area (Å²) in [5.74, 6) is 0.300. The van der Waals surface area contributed by atoms with E-state index in [0.717, 1.165) is 5.57 Å². The van der Waals surface area contributed by atoms with Gasteiger partial charge >= 0.3 is 0 Å². The molecule has 8 heteroatoms. The van der Waals surface area contributed by atoms with Gasteiger partial charge in [-0.05, 0) is 48.3 Å². The molecule has 0 bridgehead atoms. The summed E-state index contributed by atoms with van der Waals surface area (Å²) in [6.07, 6.45) is 6.30. The molecule has 2 heterocycles. The topological polar surface area (TPSA) is 109 Å². The molecule has 0 aromatic heterocycles. The van der Waals surface area contributed by atoms with Gasteiger partial charge in [0.1, 0.15) is 11.9 Å². The molecule has 180 valence electrons. The first kappa shape index (κ1) is 26.2. The molecule has 0 radical (unpaired) electrons. The molecule has 33 heavy (non-hydrogen) atoms. The summed E-state index contributed by atoms with van der Waals surface area (Å²) in [4.78, 5) is 16.6. The fourth-order valence-electron chi connectivity index (χ4n) is 4.08. The normalized spacial score (nSPS) is 19.5. The van der Waals surface area contributed by atoms with E-state index in [4.69, 9.17) is 21.5 Å². The zero-order chi connectivity index (χ0) is 24.3. The first-order valence-corrected chi connectivity index (χ1v) is 11.6. The lowest BCUT2D eigenvalue weighted by molar-refractivity contribution is -0.149. The van der Waals surface area contributed by atoms with Crippen molar-refractivity contribution in [2.45, 2.75) is 51.3 Å². The fraction of sp³-hybridized carbons (Fsp3) is 0.520. The molecule has 0 atom stereocenters. The van der Waals surface area contributed by atoms with Crippen LogP contribution in [0.2, 0.25) is 0 Å². The van der Waals surface area contributed by atoms with Crippen molar-refractivity contribution in [1.29, 1.82) is 5.26 Å². The number of nitrogens with zero attached hydrogens (tertiary/aromatic N) is 3. The summed E-state index contributed by atoms with van der Waals surface area (Å²) in [6, 6.07) is 9.05. The van der Waals surface area contributed by atoms with Gasteiger partial charge in [0.25, 0.3) is 5.91 Å². The van der Waals surface area contributed by atoms with E-state index in [9.17, 15) is 4.79 Å². The predicted molar refractivity (Wildman–Crippen MR) is 128 cm³/mol. The number of alkyl halides is 1. The Bertz CT molecular complexity index is 847. The van der Waals surface area contributed by atoms with E-state index in [-0.39, 0.29) is 18.9 Å². The molecule has 2 fully saturated rings. The van der Waals surface area contributed by atoms with Crippen molar-refractivity contribution in [1.82, 2.24) is 9.80 Å². The van der Waals surface area contributed by atoms with Crippen LogP contribution < -0.4 is 16.2 Å². The summed E-state index contributed by atoms with van der Waals surface area (Å²) in [5.41, 5.74) is 10.6. The summed E-state index contributed by atoms with van der Waals surface area (Å²) < 4.78 is 21.4. The van der Waals surface area contributed by atoms with E-state index in [1.165, 1.54) is 12.4 Å². The minimum atomic E-state index is -1.81. The number of likely N-dealkylation sites (tertiary alicyclic amines) is 2. The number of ether oxygens (including phenoxy) is 1. The van der Waals surface area contributed by atoms with Gasteiger partial charge in [0, 0.05) is 58.4 Å². The Hall–Kier alpha value is -3.05. The van der Waals surface area contributed by atoms with E-state index in [1.54, 1.807) is 35.2 Å². The largest absolute Gasteiger partial charge is 0.490 e.